The topological polar surface area (TPSA) is 109 Å². The number of amides is 4. The van der Waals surface area contributed by atoms with Crippen LogP contribution >= 0.6 is 0 Å². The number of unbranched alkanes of at least 4 members (excludes halogenated alkanes) is 1. The summed E-state index contributed by atoms with van der Waals surface area (Å²) in [5.41, 5.74) is 2.09. The van der Waals surface area contributed by atoms with Crippen LogP contribution in [0.4, 0.5) is 0 Å². The maximum Gasteiger partial charge on any atom is 0.261 e. The molecule has 34 heavy (non-hydrogen) atoms. The van der Waals surface area contributed by atoms with Crippen LogP contribution in [0.1, 0.15) is 72.5 Å². The zero-order valence-electron chi connectivity index (χ0n) is 18.8. The average Bonchev–Trinajstić information content (AvgIpc) is 3.46. The quantitative estimate of drug-likeness (QED) is 0.476. The average molecular weight is 460 g/mol. The second kappa shape index (κ2) is 10.2. The molecular weight excluding hydrogens is 434 g/mol. The van der Waals surface area contributed by atoms with Crippen LogP contribution in [-0.2, 0) is 13.1 Å². The first kappa shape index (κ1) is 23.0. The minimum absolute atomic E-state index is 0.199. The van der Waals surface area contributed by atoms with Crippen molar-refractivity contribution in [3.8, 4) is 0 Å². The molecule has 0 unspecified atom stereocenters. The summed E-state index contributed by atoms with van der Waals surface area (Å²) in [5, 5.41) is 5.59. The molecule has 2 heterocycles. The largest absolute Gasteiger partial charge is 0.467 e. The van der Waals surface area contributed by atoms with Gasteiger partial charge in [-0.1, -0.05) is 25.5 Å². The molecule has 8 nitrogen and oxygen atoms in total. The highest BCUT2D eigenvalue weighted by molar-refractivity contribution is 6.22. The molecule has 0 fully saturated rings. The van der Waals surface area contributed by atoms with E-state index >= 15 is 0 Å². The molecule has 2 aromatic carbocycles. The summed E-state index contributed by atoms with van der Waals surface area (Å²) in [4.78, 5) is 51.4. The van der Waals surface area contributed by atoms with Gasteiger partial charge in [-0.3, -0.25) is 24.1 Å². The fraction of sp³-hybridized carbons (Fsp3) is 0.231. The van der Waals surface area contributed by atoms with E-state index in [1.165, 1.54) is 17.0 Å². The van der Waals surface area contributed by atoms with Gasteiger partial charge in [0.05, 0.1) is 23.9 Å². The molecule has 0 spiro atoms. The van der Waals surface area contributed by atoms with Gasteiger partial charge in [0.2, 0.25) is 0 Å². The third-order valence-corrected chi connectivity index (χ3v) is 5.61. The van der Waals surface area contributed by atoms with Crippen LogP contribution in [0.3, 0.4) is 0 Å². The van der Waals surface area contributed by atoms with Crippen molar-refractivity contribution < 1.29 is 23.6 Å². The Kier molecular flexibility index (Phi) is 6.87. The van der Waals surface area contributed by atoms with Gasteiger partial charge in [0.25, 0.3) is 23.6 Å². The predicted molar refractivity (Wildman–Crippen MR) is 124 cm³/mol. The van der Waals surface area contributed by atoms with Crippen molar-refractivity contribution >= 4 is 23.6 Å². The molecule has 4 amide bonds. The zero-order valence-corrected chi connectivity index (χ0v) is 18.8. The van der Waals surface area contributed by atoms with E-state index in [1.807, 2.05) is 6.92 Å². The Labute approximate surface area is 196 Å². The summed E-state index contributed by atoms with van der Waals surface area (Å²) in [7, 11) is 0. The Morgan fingerprint density at radius 2 is 1.59 bits per heavy atom. The Hall–Kier alpha value is -4.20. The maximum absolute atomic E-state index is 12.7. The molecule has 8 heteroatoms. The summed E-state index contributed by atoms with van der Waals surface area (Å²) < 4.78 is 5.21. The number of furan rings is 1. The van der Waals surface area contributed by atoms with Gasteiger partial charge in [-0.05, 0) is 54.4 Å². The molecule has 1 aliphatic rings. The first-order valence-corrected chi connectivity index (χ1v) is 11.2. The van der Waals surface area contributed by atoms with Crippen LogP contribution in [0.25, 0.3) is 0 Å². The number of hydrogen-bond donors (Lipinski definition) is 2. The van der Waals surface area contributed by atoms with Crippen molar-refractivity contribution in [2.75, 3.05) is 6.54 Å². The number of nitrogens with zero attached hydrogens (tertiary/aromatic N) is 1. The van der Waals surface area contributed by atoms with Crippen molar-refractivity contribution in [1.29, 1.82) is 0 Å². The standard InChI is InChI=1S/C26H25N3O5/c1-2-3-11-29-25(32)21-10-9-19(14-22(21)26(29)33)24(31)27-15-17-6-4-7-18(13-17)23(30)28-16-20-8-5-12-34-20/h4-10,12-14H,2-3,11,15-16H2,1H3,(H,27,31)(H,28,30). The van der Waals surface area contributed by atoms with E-state index in [2.05, 4.69) is 10.6 Å². The number of hydrogen-bond acceptors (Lipinski definition) is 5. The molecule has 2 N–H and O–H groups in total. The third-order valence-electron chi connectivity index (χ3n) is 5.61. The Morgan fingerprint density at radius 3 is 2.32 bits per heavy atom. The van der Waals surface area contributed by atoms with Gasteiger partial charge in [-0.2, -0.15) is 0 Å². The van der Waals surface area contributed by atoms with Crippen LogP contribution in [0, 0.1) is 0 Å². The van der Waals surface area contributed by atoms with Crippen LogP contribution in [0.5, 0.6) is 0 Å². The third kappa shape index (κ3) is 4.91. The molecule has 174 valence electrons. The molecule has 3 aromatic rings. The minimum atomic E-state index is -0.372. The summed E-state index contributed by atoms with van der Waals surface area (Å²) in [6.45, 7) is 2.84. The maximum atomic E-state index is 12.7. The fourth-order valence-electron chi connectivity index (χ4n) is 3.74. The lowest BCUT2D eigenvalue weighted by Crippen LogP contribution is -2.30. The molecule has 0 radical (unpaired) electrons. The number of benzene rings is 2. The van der Waals surface area contributed by atoms with E-state index < -0.39 is 0 Å². The van der Waals surface area contributed by atoms with Gasteiger partial charge in [-0.25, -0.2) is 0 Å². The van der Waals surface area contributed by atoms with Gasteiger partial charge < -0.3 is 15.1 Å². The molecule has 0 bridgehead atoms. The summed E-state index contributed by atoms with van der Waals surface area (Å²) in [5.74, 6) is -0.652. The number of imide groups is 1. The molecule has 1 aliphatic heterocycles. The Bertz CT molecular complexity index is 1230. The molecular formula is C26H25N3O5. The molecule has 0 atom stereocenters. The number of fused-ring (bicyclic) bond motifs is 1. The zero-order chi connectivity index (χ0) is 24.1. The summed E-state index contributed by atoms with van der Waals surface area (Å²) >= 11 is 0. The highest BCUT2D eigenvalue weighted by Gasteiger charge is 2.35. The molecule has 0 saturated carbocycles. The van der Waals surface area contributed by atoms with Gasteiger partial charge in [0.15, 0.2) is 0 Å². The number of rotatable bonds is 9. The van der Waals surface area contributed by atoms with Crippen LogP contribution in [0.15, 0.2) is 65.3 Å². The number of carbonyl (C=O) groups excluding carboxylic acids is 4. The fourth-order valence-corrected chi connectivity index (χ4v) is 3.74. The van der Waals surface area contributed by atoms with Crippen molar-refractivity contribution in [1.82, 2.24) is 15.5 Å². The first-order chi connectivity index (χ1) is 16.5. The normalized spacial score (nSPS) is 12.6. The number of nitrogens with one attached hydrogen (secondary N) is 2. The van der Waals surface area contributed by atoms with Crippen molar-refractivity contribution in [2.45, 2.75) is 32.9 Å². The minimum Gasteiger partial charge on any atom is -0.467 e. The smallest absolute Gasteiger partial charge is 0.261 e. The van der Waals surface area contributed by atoms with E-state index in [0.29, 0.717) is 29.0 Å². The summed E-state index contributed by atoms with van der Waals surface area (Å²) in [6, 6.07) is 15.0. The lowest BCUT2D eigenvalue weighted by Gasteiger charge is -2.12. The Balaban J connectivity index is 1.38. The van der Waals surface area contributed by atoms with Gasteiger partial charge >= 0.3 is 0 Å². The van der Waals surface area contributed by atoms with E-state index in [4.69, 9.17) is 4.42 Å². The SMILES string of the molecule is CCCCN1C(=O)c2ccc(C(=O)NCc3cccc(C(=O)NCc4ccco4)c3)cc2C1=O. The molecule has 0 saturated heterocycles. The number of carbonyl (C=O) groups is 4. The van der Waals surface area contributed by atoms with E-state index in [0.717, 1.165) is 18.4 Å². The van der Waals surface area contributed by atoms with Crippen molar-refractivity contribution in [2.24, 2.45) is 0 Å². The monoisotopic (exact) mass is 459 g/mol. The van der Waals surface area contributed by atoms with E-state index in [-0.39, 0.29) is 42.3 Å². The Morgan fingerprint density at radius 1 is 0.853 bits per heavy atom. The van der Waals surface area contributed by atoms with Crippen LogP contribution < -0.4 is 10.6 Å². The van der Waals surface area contributed by atoms with Crippen LogP contribution in [-0.4, -0.2) is 35.1 Å². The van der Waals surface area contributed by atoms with E-state index in [9.17, 15) is 19.2 Å². The van der Waals surface area contributed by atoms with Gasteiger partial charge in [0, 0.05) is 24.2 Å². The predicted octanol–water partition coefficient (Wildman–Crippen LogP) is 3.54. The van der Waals surface area contributed by atoms with Gasteiger partial charge in [-0.15, -0.1) is 0 Å². The van der Waals surface area contributed by atoms with Crippen LogP contribution in [0.2, 0.25) is 0 Å². The second-order valence-corrected chi connectivity index (χ2v) is 8.02. The van der Waals surface area contributed by atoms with Crippen molar-refractivity contribution in [3.05, 3.63) is 94.4 Å². The molecule has 4 rings (SSSR count). The lowest BCUT2D eigenvalue weighted by molar-refractivity contribution is 0.0651. The highest BCUT2D eigenvalue weighted by atomic mass is 16.3. The highest BCUT2D eigenvalue weighted by Crippen LogP contribution is 2.24. The molecule has 1 aromatic heterocycles. The second-order valence-electron chi connectivity index (χ2n) is 8.02. The van der Waals surface area contributed by atoms with Crippen molar-refractivity contribution in [3.63, 3.8) is 0 Å². The van der Waals surface area contributed by atoms with E-state index in [1.54, 1.807) is 48.7 Å². The van der Waals surface area contributed by atoms with Gasteiger partial charge in [0.1, 0.15) is 5.76 Å². The first-order valence-electron chi connectivity index (χ1n) is 11.2. The molecule has 0 aliphatic carbocycles. The summed E-state index contributed by atoms with van der Waals surface area (Å²) in [6.07, 6.45) is 3.15. The lowest BCUT2D eigenvalue weighted by atomic mass is 10.0.